The van der Waals surface area contributed by atoms with Crippen LogP contribution >= 0.6 is 15.9 Å². The van der Waals surface area contributed by atoms with Crippen LogP contribution in [-0.2, 0) is 0 Å². The summed E-state index contributed by atoms with van der Waals surface area (Å²) < 4.78 is 1.14. The molecule has 0 bridgehead atoms. The highest BCUT2D eigenvalue weighted by atomic mass is 79.9. The molecule has 0 radical (unpaired) electrons. The lowest BCUT2D eigenvalue weighted by molar-refractivity contribution is 0.211. The van der Waals surface area contributed by atoms with Crippen molar-refractivity contribution in [2.45, 2.75) is 45.7 Å². The highest BCUT2D eigenvalue weighted by Crippen LogP contribution is 2.20. The molecule has 0 fully saturated rings. The van der Waals surface area contributed by atoms with Gasteiger partial charge in [0.05, 0.1) is 0 Å². The molecular weight excluding hydrogens is 300 g/mol. The van der Waals surface area contributed by atoms with Crippen molar-refractivity contribution in [1.82, 2.24) is 10.2 Å². The second-order valence-electron chi connectivity index (χ2n) is 5.31. The maximum atomic E-state index is 3.49. The third-order valence-electron chi connectivity index (χ3n) is 3.57. The first-order valence-corrected chi connectivity index (χ1v) is 8.04. The Hall–Kier alpha value is -0.380. The Labute approximate surface area is 126 Å². The molecule has 3 heteroatoms. The number of nitrogens with one attached hydrogen (secondary N) is 1. The van der Waals surface area contributed by atoms with Gasteiger partial charge in [0.25, 0.3) is 0 Å². The normalized spacial score (nSPS) is 13.2. The number of nitrogens with zero attached hydrogens (tertiary/aromatic N) is 1. The molecular formula is C16H27BrN2. The summed E-state index contributed by atoms with van der Waals surface area (Å²) in [6.45, 7) is 9.15. The Morgan fingerprint density at radius 1 is 1.16 bits per heavy atom. The summed E-state index contributed by atoms with van der Waals surface area (Å²) >= 11 is 3.49. The first kappa shape index (κ1) is 16.7. The lowest BCUT2D eigenvalue weighted by Gasteiger charge is -2.28. The molecule has 0 aliphatic rings. The van der Waals surface area contributed by atoms with Gasteiger partial charge in [-0.05, 0) is 58.0 Å². The highest BCUT2D eigenvalue weighted by Gasteiger charge is 2.13. The minimum absolute atomic E-state index is 0.436. The van der Waals surface area contributed by atoms with Crippen LogP contribution in [0.4, 0.5) is 0 Å². The van der Waals surface area contributed by atoms with Gasteiger partial charge < -0.3 is 10.2 Å². The molecule has 108 valence electrons. The van der Waals surface area contributed by atoms with E-state index < -0.39 is 0 Å². The summed E-state index contributed by atoms with van der Waals surface area (Å²) in [6.07, 6.45) is 2.37. The van der Waals surface area contributed by atoms with Gasteiger partial charge in [-0.3, -0.25) is 0 Å². The van der Waals surface area contributed by atoms with Crippen LogP contribution in [0.25, 0.3) is 0 Å². The zero-order valence-electron chi connectivity index (χ0n) is 12.6. The predicted octanol–water partition coefficient (Wildman–Crippen LogP) is 4.22. The second kappa shape index (κ2) is 8.72. The Balaban J connectivity index is 2.59. The first-order chi connectivity index (χ1) is 9.08. The lowest BCUT2D eigenvalue weighted by Crippen LogP contribution is -2.34. The van der Waals surface area contributed by atoms with Gasteiger partial charge in [-0.25, -0.2) is 0 Å². The minimum atomic E-state index is 0.436. The van der Waals surface area contributed by atoms with Crippen molar-refractivity contribution >= 4 is 15.9 Å². The van der Waals surface area contributed by atoms with E-state index in [0.717, 1.165) is 17.4 Å². The molecule has 0 aromatic heterocycles. The number of hydrogen-bond acceptors (Lipinski definition) is 2. The standard InChI is InChI=1S/C16H27BrN2/c1-5-11-19(13(2)3)12-10-16(18-4)14-6-8-15(17)9-7-14/h6-9,13,16,18H,5,10-12H2,1-4H3. The van der Waals surface area contributed by atoms with E-state index in [9.17, 15) is 0 Å². The fraction of sp³-hybridized carbons (Fsp3) is 0.625. The van der Waals surface area contributed by atoms with Crippen molar-refractivity contribution in [1.29, 1.82) is 0 Å². The van der Waals surface area contributed by atoms with E-state index >= 15 is 0 Å². The van der Waals surface area contributed by atoms with Crippen molar-refractivity contribution in [3.8, 4) is 0 Å². The molecule has 1 aromatic rings. The summed E-state index contributed by atoms with van der Waals surface area (Å²) in [5.41, 5.74) is 1.37. The smallest absolute Gasteiger partial charge is 0.0329 e. The van der Waals surface area contributed by atoms with E-state index in [2.05, 4.69) is 71.2 Å². The molecule has 1 N–H and O–H groups in total. The van der Waals surface area contributed by atoms with Gasteiger partial charge in [0, 0.05) is 23.1 Å². The van der Waals surface area contributed by atoms with Crippen molar-refractivity contribution in [2.75, 3.05) is 20.1 Å². The summed E-state index contributed by atoms with van der Waals surface area (Å²) in [4.78, 5) is 2.56. The summed E-state index contributed by atoms with van der Waals surface area (Å²) in [6, 6.07) is 9.70. The molecule has 1 atom stereocenters. The number of halogens is 1. The first-order valence-electron chi connectivity index (χ1n) is 7.25. The average molecular weight is 327 g/mol. The summed E-state index contributed by atoms with van der Waals surface area (Å²) in [7, 11) is 2.05. The van der Waals surface area contributed by atoms with Gasteiger partial charge in [0.15, 0.2) is 0 Å². The maximum absolute atomic E-state index is 3.49. The molecule has 1 rings (SSSR count). The number of benzene rings is 1. The van der Waals surface area contributed by atoms with Gasteiger partial charge in [-0.2, -0.15) is 0 Å². The summed E-state index contributed by atoms with van der Waals surface area (Å²) in [5, 5.41) is 3.43. The van der Waals surface area contributed by atoms with E-state index in [0.29, 0.717) is 12.1 Å². The topological polar surface area (TPSA) is 15.3 Å². The van der Waals surface area contributed by atoms with E-state index in [1.807, 2.05) is 7.05 Å². The average Bonchev–Trinajstić information content (AvgIpc) is 2.39. The van der Waals surface area contributed by atoms with Crippen molar-refractivity contribution in [3.63, 3.8) is 0 Å². The van der Waals surface area contributed by atoms with Crippen LogP contribution in [0.3, 0.4) is 0 Å². The van der Waals surface area contributed by atoms with Gasteiger partial charge in [0.2, 0.25) is 0 Å². The van der Waals surface area contributed by atoms with Gasteiger partial charge >= 0.3 is 0 Å². The SMILES string of the molecule is CCCN(CCC(NC)c1ccc(Br)cc1)C(C)C. The van der Waals surface area contributed by atoms with E-state index in [1.165, 1.54) is 18.5 Å². The van der Waals surface area contributed by atoms with E-state index in [1.54, 1.807) is 0 Å². The monoisotopic (exact) mass is 326 g/mol. The van der Waals surface area contributed by atoms with Crippen molar-refractivity contribution in [3.05, 3.63) is 34.3 Å². The third-order valence-corrected chi connectivity index (χ3v) is 4.10. The van der Waals surface area contributed by atoms with Crippen LogP contribution in [0.15, 0.2) is 28.7 Å². The van der Waals surface area contributed by atoms with Gasteiger partial charge in [-0.15, -0.1) is 0 Å². The molecule has 2 nitrogen and oxygen atoms in total. The molecule has 0 aliphatic heterocycles. The van der Waals surface area contributed by atoms with Crippen LogP contribution in [0.5, 0.6) is 0 Å². The number of hydrogen-bond donors (Lipinski definition) is 1. The van der Waals surface area contributed by atoms with Gasteiger partial charge in [-0.1, -0.05) is 35.0 Å². The Morgan fingerprint density at radius 3 is 2.26 bits per heavy atom. The fourth-order valence-electron chi connectivity index (χ4n) is 2.38. The molecule has 0 heterocycles. The van der Waals surface area contributed by atoms with Crippen LogP contribution in [-0.4, -0.2) is 31.1 Å². The Bertz CT molecular complexity index is 348. The lowest BCUT2D eigenvalue weighted by atomic mass is 10.0. The maximum Gasteiger partial charge on any atom is 0.0329 e. The van der Waals surface area contributed by atoms with Crippen LogP contribution in [0.1, 0.15) is 45.2 Å². The Kier molecular flexibility index (Phi) is 7.66. The number of rotatable bonds is 8. The zero-order valence-corrected chi connectivity index (χ0v) is 14.2. The largest absolute Gasteiger partial charge is 0.313 e. The second-order valence-corrected chi connectivity index (χ2v) is 6.23. The zero-order chi connectivity index (χ0) is 14.3. The molecule has 0 amide bonds. The van der Waals surface area contributed by atoms with Crippen LogP contribution in [0, 0.1) is 0 Å². The van der Waals surface area contributed by atoms with Crippen molar-refractivity contribution in [2.24, 2.45) is 0 Å². The van der Waals surface area contributed by atoms with Gasteiger partial charge in [0.1, 0.15) is 0 Å². The quantitative estimate of drug-likeness (QED) is 0.769. The summed E-state index contributed by atoms with van der Waals surface area (Å²) in [5.74, 6) is 0. The molecule has 0 aliphatic carbocycles. The molecule has 19 heavy (non-hydrogen) atoms. The molecule has 1 aromatic carbocycles. The molecule has 0 saturated heterocycles. The highest BCUT2D eigenvalue weighted by molar-refractivity contribution is 9.10. The van der Waals surface area contributed by atoms with Crippen LogP contribution < -0.4 is 5.32 Å². The van der Waals surface area contributed by atoms with Crippen molar-refractivity contribution < 1.29 is 0 Å². The van der Waals surface area contributed by atoms with E-state index in [-0.39, 0.29) is 0 Å². The third kappa shape index (κ3) is 5.64. The van der Waals surface area contributed by atoms with Crippen LogP contribution in [0.2, 0.25) is 0 Å². The molecule has 1 unspecified atom stereocenters. The predicted molar refractivity (Wildman–Crippen MR) is 87.6 cm³/mol. The fourth-order valence-corrected chi connectivity index (χ4v) is 2.65. The van der Waals surface area contributed by atoms with E-state index in [4.69, 9.17) is 0 Å². The molecule has 0 spiro atoms. The Morgan fingerprint density at radius 2 is 1.79 bits per heavy atom. The minimum Gasteiger partial charge on any atom is -0.313 e. The molecule has 0 saturated carbocycles.